The SMILES string of the molecule is NCCc1noc(-c2c[nH]c(Br)c2)n1. The number of H-pyrrole nitrogens is 1. The van der Waals surface area contributed by atoms with Crippen molar-refractivity contribution in [3.05, 3.63) is 22.7 Å². The number of aromatic amines is 1. The van der Waals surface area contributed by atoms with Crippen LogP contribution in [-0.2, 0) is 6.42 Å². The van der Waals surface area contributed by atoms with Gasteiger partial charge in [0.15, 0.2) is 5.82 Å². The van der Waals surface area contributed by atoms with Crippen LogP contribution in [0.1, 0.15) is 5.82 Å². The molecule has 14 heavy (non-hydrogen) atoms. The second-order valence-electron chi connectivity index (χ2n) is 2.79. The van der Waals surface area contributed by atoms with Crippen LogP contribution in [0.4, 0.5) is 0 Å². The summed E-state index contributed by atoms with van der Waals surface area (Å²) in [6.07, 6.45) is 2.43. The van der Waals surface area contributed by atoms with E-state index >= 15 is 0 Å². The van der Waals surface area contributed by atoms with E-state index in [1.807, 2.05) is 6.07 Å². The van der Waals surface area contributed by atoms with Crippen LogP contribution in [0.3, 0.4) is 0 Å². The molecule has 0 aliphatic carbocycles. The standard InChI is InChI=1S/C8H9BrN4O/c9-6-3-5(4-11-6)8-12-7(1-2-10)13-14-8/h3-4,11H,1-2,10H2. The summed E-state index contributed by atoms with van der Waals surface area (Å²) in [5, 5.41) is 3.80. The lowest BCUT2D eigenvalue weighted by Gasteiger charge is -1.84. The molecule has 3 N–H and O–H groups in total. The molecule has 0 atom stereocenters. The number of rotatable bonds is 3. The lowest BCUT2D eigenvalue weighted by Crippen LogP contribution is -2.03. The van der Waals surface area contributed by atoms with Gasteiger partial charge in [-0.05, 0) is 28.5 Å². The van der Waals surface area contributed by atoms with Crippen molar-refractivity contribution in [3.63, 3.8) is 0 Å². The first-order chi connectivity index (χ1) is 6.79. The van der Waals surface area contributed by atoms with Crippen LogP contribution in [-0.4, -0.2) is 21.7 Å². The third-order valence-electron chi connectivity index (χ3n) is 1.73. The van der Waals surface area contributed by atoms with Crippen molar-refractivity contribution in [2.75, 3.05) is 6.54 Å². The largest absolute Gasteiger partial charge is 0.355 e. The zero-order valence-corrected chi connectivity index (χ0v) is 8.91. The second kappa shape index (κ2) is 3.93. The molecule has 0 aliphatic rings. The molecule has 0 saturated carbocycles. The number of hydrogen-bond donors (Lipinski definition) is 2. The number of hydrogen-bond acceptors (Lipinski definition) is 4. The molecule has 6 heteroatoms. The Bertz CT molecular complexity index is 422. The maximum Gasteiger partial charge on any atom is 0.259 e. The van der Waals surface area contributed by atoms with E-state index in [2.05, 4.69) is 31.1 Å². The third kappa shape index (κ3) is 1.85. The van der Waals surface area contributed by atoms with Gasteiger partial charge >= 0.3 is 0 Å². The summed E-state index contributed by atoms with van der Waals surface area (Å²) in [5.74, 6) is 1.15. The smallest absolute Gasteiger partial charge is 0.259 e. The Morgan fingerprint density at radius 1 is 1.57 bits per heavy atom. The summed E-state index contributed by atoms with van der Waals surface area (Å²) in [7, 11) is 0. The van der Waals surface area contributed by atoms with Crippen LogP contribution in [0.5, 0.6) is 0 Å². The van der Waals surface area contributed by atoms with Crippen LogP contribution >= 0.6 is 15.9 Å². The first-order valence-corrected chi connectivity index (χ1v) is 4.96. The van der Waals surface area contributed by atoms with Gasteiger partial charge in [0, 0.05) is 12.6 Å². The summed E-state index contributed by atoms with van der Waals surface area (Å²) < 4.78 is 5.94. The quantitative estimate of drug-likeness (QED) is 0.869. The Labute approximate surface area is 88.8 Å². The lowest BCUT2D eigenvalue weighted by molar-refractivity contribution is 0.422. The van der Waals surface area contributed by atoms with E-state index in [0.29, 0.717) is 24.7 Å². The number of nitrogens with one attached hydrogen (secondary N) is 1. The van der Waals surface area contributed by atoms with Crippen molar-refractivity contribution in [2.45, 2.75) is 6.42 Å². The van der Waals surface area contributed by atoms with E-state index in [4.69, 9.17) is 10.3 Å². The van der Waals surface area contributed by atoms with Gasteiger partial charge in [-0.2, -0.15) is 4.98 Å². The normalized spacial score (nSPS) is 10.7. The van der Waals surface area contributed by atoms with Gasteiger partial charge in [-0.1, -0.05) is 5.16 Å². The van der Waals surface area contributed by atoms with Gasteiger partial charge in [-0.15, -0.1) is 0 Å². The number of nitrogens with two attached hydrogens (primary N) is 1. The first-order valence-electron chi connectivity index (χ1n) is 4.16. The molecular formula is C8H9BrN4O. The van der Waals surface area contributed by atoms with Crippen molar-refractivity contribution in [3.8, 4) is 11.5 Å². The summed E-state index contributed by atoms with van der Waals surface area (Å²) >= 11 is 3.30. The Hall–Kier alpha value is -1.14. The highest BCUT2D eigenvalue weighted by molar-refractivity contribution is 9.10. The van der Waals surface area contributed by atoms with Gasteiger partial charge < -0.3 is 15.2 Å². The lowest BCUT2D eigenvalue weighted by atomic mass is 10.3. The van der Waals surface area contributed by atoms with Gasteiger partial charge in [-0.25, -0.2) is 0 Å². The molecule has 2 aromatic heterocycles. The van der Waals surface area contributed by atoms with E-state index in [1.165, 1.54) is 0 Å². The number of nitrogens with zero attached hydrogens (tertiary/aromatic N) is 2. The summed E-state index contributed by atoms with van der Waals surface area (Å²) in [5.41, 5.74) is 6.25. The molecule has 0 aliphatic heterocycles. The summed E-state index contributed by atoms with van der Waals surface area (Å²) in [4.78, 5) is 7.16. The molecule has 0 radical (unpaired) electrons. The average molecular weight is 257 g/mol. The molecule has 2 heterocycles. The van der Waals surface area contributed by atoms with E-state index in [-0.39, 0.29) is 0 Å². The number of halogens is 1. The van der Waals surface area contributed by atoms with Crippen molar-refractivity contribution in [2.24, 2.45) is 5.73 Å². The van der Waals surface area contributed by atoms with E-state index in [1.54, 1.807) is 6.20 Å². The maximum absolute atomic E-state index is 5.38. The molecular weight excluding hydrogens is 248 g/mol. The fourth-order valence-corrected chi connectivity index (χ4v) is 1.45. The van der Waals surface area contributed by atoms with Crippen molar-refractivity contribution in [1.29, 1.82) is 0 Å². The minimum atomic E-state index is 0.510. The highest BCUT2D eigenvalue weighted by Crippen LogP contribution is 2.20. The third-order valence-corrected chi connectivity index (χ3v) is 2.19. The Balaban J connectivity index is 2.24. The maximum atomic E-state index is 5.38. The van der Waals surface area contributed by atoms with Gasteiger partial charge in [0.1, 0.15) is 0 Å². The van der Waals surface area contributed by atoms with E-state index < -0.39 is 0 Å². The molecule has 2 rings (SSSR count). The molecule has 0 bridgehead atoms. The van der Waals surface area contributed by atoms with Crippen molar-refractivity contribution >= 4 is 15.9 Å². The molecule has 5 nitrogen and oxygen atoms in total. The van der Waals surface area contributed by atoms with Gasteiger partial charge in [0.05, 0.1) is 10.2 Å². The number of aromatic nitrogens is 3. The topological polar surface area (TPSA) is 80.7 Å². The van der Waals surface area contributed by atoms with Gasteiger partial charge in [0.25, 0.3) is 5.89 Å². The Morgan fingerprint density at radius 2 is 2.43 bits per heavy atom. The van der Waals surface area contributed by atoms with Gasteiger partial charge in [-0.3, -0.25) is 0 Å². The van der Waals surface area contributed by atoms with E-state index in [9.17, 15) is 0 Å². The van der Waals surface area contributed by atoms with Crippen LogP contribution in [0.25, 0.3) is 11.5 Å². The molecule has 0 fully saturated rings. The minimum absolute atomic E-state index is 0.510. The molecule has 0 unspecified atom stereocenters. The monoisotopic (exact) mass is 256 g/mol. The Kier molecular flexibility index (Phi) is 2.64. The van der Waals surface area contributed by atoms with Gasteiger partial charge in [0.2, 0.25) is 0 Å². The highest BCUT2D eigenvalue weighted by Gasteiger charge is 2.09. The van der Waals surface area contributed by atoms with Crippen molar-refractivity contribution in [1.82, 2.24) is 15.1 Å². The predicted molar refractivity (Wildman–Crippen MR) is 54.5 cm³/mol. The molecule has 2 aromatic rings. The zero-order chi connectivity index (χ0) is 9.97. The average Bonchev–Trinajstić information content (AvgIpc) is 2.74. The fraction of sp³-hybridized carbons (Fsp3) is 0.250. The second-order valence-corrected chi connectivity index (χ2v) is 3.65. The van der Waals surface area contributed by atoms with Crippen LogP contribution in [0.15, 0.2) is 21.4 Å². The molecule has 0 aromatic carbocycles. The molecule has 0 saturated heterocycles. The molecule has 74 valence electrons. The summed E-state index contributed by atoms with van der Waals surface area (Å²) in [6.45, 7) is 0.524. The minimum Gasteiger partial charge on any atom is -0.355 e. The van der Waals surface area contributed by atoms with E-state index in [0.717, 1.165) is 10.2 Å². The van der Waals surface area contributed by atoms with Crippen LogP contribution < -0.4 is 5.73 Å². The Morgan fingerprint density at radius 3 is 3.07 bits per heavy atom. The van der Waals surface area contributed by atoms with Crippen LogP contribution in [0.2, 0.25) is 0 Å². The fourth-order valence-electron chi connectivity index (χ4n) is 1.09. The van der Waals surface area contributed by atoms with Crippen LogP contribution in [0, 0.1) is 0 Å². The molecule has 0 amide bonds. The van der Waals surface area contributed by atoms with Crippen molar-refractivity contribution < 1.29 is 4.52 Å². The molecule has 0 spiro atoms. The highest BCUT2D eigenvalue weighted by atomic mass is 79.9. The zero-order valence-electron chi connectivity index (χ0n) is 7.33. The predicted octanol–water partition coefficient (Wildman–Crippen LogP) is 1.33. The summed E-state index contributed by atoms with van der Waals surface area (Å²) in [6, 6.07) is 1.87. The first kappa shape index (κ1) is 9.42.